The van der Waals surface area contributed by atoms with Crippen LogP contribution in [-0.4, -0.2) is 32.8 Å². The van der Waals surface area contributed by atoms with E-state index in [9.17, 15) is 10.1 Å². The molecule has 1 aliphatic heterocycles. The summed E-state index contributed by atoms with van der Waals surface area (Å²) >= 11 is 6.29. The number of hydrogen-bond donors (Lipinski definition) is 0. The molecule has 1 atom stereocenters. The molecular weight excluding hydrogens is 330 g/mol. The van der Waals surface area contributed by atoms with Gasteiger partial charge in [0.1, 0.15) is 12.2 Å². The predicted octanol–water partition coefficient (Wildman–Crippen LogP) is 3.56. The summed E-state index contributed by atoms with van der Waals surface area (Å²) in [6.07, 6.45) is 6.36. The molecule has 0 amide bonds. The summed E-state index contributed by atoms with van der Waals surface area (Å²) in [5.41, 5.74) is 0.871. The summed E-state index contributed by atoms with van der Waals surface area (Å²) in [5, 5.41) is 19.7. The van der Waals surface area contributed by atoms with Gasteiger partial charge in [-0.1, -0.05) is 11.6 Å². The number of nitro benzene ring substituents is 1. The van der Waals surface area contributed by atoms with E-state index < -0.39 is 4.92 Å². The Hall–Kier alpha value is -2.15. The number of rotatable bonds is 4. The molecule has 1 aromatic heterocycles. The fourth-order valence-electron chi connectivity index (χ4n) is 3.45. The number of aromatic nitrogens is 3. The lowest BCUT2D eigenvalue weighted by atomic mass is 9.96. The van der Waals surface area contributed by atoms with Crippen LogP contribution in [0, 0.1) is 10.1 Å². The van der Waals surface area contributed by atoms with Crippen LogP contribution in [0.4, 0.5) is 11.4 Å². The van der Waals surface area contributed by atoms with E-state index in [4.69, 9.17) is 11.6 Å². The maximum absolute atomic E-state index is 10.9. The van der Waals surface area contributed by atoms with Crippen LogP contribution in [0.5, 0.6) is 0 Å². The number of anilines is 1. The zero-order valence-corrected chi connectivity index (χ0v) is 13.9. The van der Waals surface area contributed by atoms with Gasteiger partial charge in [0.25, 0.3) is 5.69 Å². The number of hydrogen-bond acceptors (Lipinski definition) is 5. The molecule has 2 aliphatic rings. The van der Waals surface area contributed by atoms with Crippen molar-refractivity contribution in [2.45, 2.75) is 37.6 Å². The number of nitro groups is 1. The van der Waals surface area contributed by atoms with Crippen LogP contribution in [-0.2, 0) is 0 Å². The monoisotopic (exact) mass is 347 g/mol. The highest BCUT2D eigenvalue weighted by Gasteiger charge is 2.32. The molecule has 2 fully saturated rings. The van der Waals surface area contributed by atoms with E-state index in [1.54, 1.807) is 6.07 Å². The van der Waals surface area contributed by atoms with Crippen LogP contribution in [0.3, 0.4) is 0 Å². The molecule has 4 rings (SSSR count). The van der Waals surface area contributed by atoms with Crippen molar-refractivity contribution < 1.29 is 4.92 Å². The maximum atomic E-state index is 10.9. The fourth-order valence-corrected chi connectivity index (χ4v) is 3.74. The van der Waals surface area contributed by atoms with Crippen molar-refractivity contribution in [3.63, 3.8) is 0 Å². The van der Waals surface area contributed by atoms with Gasteiger partial charge >= 0.3 is 0 Å². The van der Waals surface area contributed by atoms with Gasteiger partial charge in [0.2, 0.25) is 0 Å². The molecule has 0 spiro atoms. The van der Waals surface area contributed by atoms with Gasteiger partial charge in [-0.3, -0.25) is 10.1 Å². The molecule has 7 nitrogen and oxygen atoms in total. The van der Waals surface area contributed by atoms with Gasteiger partial charge in [-0.15, -0.1) is 10.2 Å². The molecule has 1 saturated carbocycles. The zero-order valence-electron chi connectivity index (χ0n) is 13.1. The highest BCUT2D eigenvalue weighted by molar-refractivity contribution is 6.33. The van der Waals surface area contributed by atoms with Crippen LogP contribution < -0.4 is 4.90 Å². The minimum Gasteiger partial charge on any atom is -0.370 e. The SMILES string of the molecule is O=[N+]([O-])c1ccc(N2CCC[C@@H](c3nncn3C3CC3)C2)c(Cl)c1. The summed E-state index contributed by atoms with van der Waals surface area (Å²) in [6.45, 7) is 1.70. The quantitative estimate of drug-likeness (QED) is 0.624. The zero-order chi connectivity index (χ0) is 16.7. The minimum atomic E-state index is -0.424. The first kappa shape index (κ1) is 15.4. The summed E-state index contributed by atoms with van der Waals surface area (Å²) in [7, 11) is 0. The van der Waals surface area contributed by atoms with E-state index in [1.807, 2.05) is 6.33 Å². The van der Waals surface area contributed by atoms with Gasteiger partial charge in [-0.05, 0) is 31.7 Å². The molecule has 2 heterocycles. The minimum absolute atomic E-state index is 0.0192. The van der Waals surface area contributed by atoms with Gasteiger partial charge in [0, 0.05) is 37.2 Å². The molecular formula is C16H18ClN5O2. The summed E-state index contributed by atoms with van der Waals surface area (Å²) in [4.78, 5) is 12.6. The van der Waals surface area contributed by atoms with Gasteiger partial charge in [-0.25, -0.2) is 0 Å². The van der Waals surface area contributed by atoms with E-state index in [-0.39, 0.29) is 5.69 Å². The fraction of sp³-hybridized carbons (Fsp3) is 0.500. The van der Waals surface area contributed by atoms with Gasteiger partial charge in [0.05, 0.1) is 15.6 Å². The van der Waals surface area contributed by atoms with E-state index in [1.165, 1.54) is 25.0 Å². The van der Waals surface area contributed by atoms with E-state index in [2.05, 4.69) is 19.7 Å². The van der Waals surface area contributed by atoms with Crippen molar-refractivity contribution in [3.05, 3.63) is 45.5 Å². The lowest BCUT2D eigenvalue weighted by Crippen LogP contribution is -2.35. The highest BCUT2D eigenvalue weighted by atomic mass is 35.5. The molecule has 0 radical (unpaired) electrons. The van der Waals surface area contributed by atoms with Crippen LogP contribution in [0.15, 0.2) is 24.5 Å². The number of piperidine rings is 1. The van der Waals surface area contributed by atoms with Crippen molar-refractivity contribution >= 4 is 23.0 Å². The average Bonchev–Trinajstić information content (AvgIpc) is 3.31. The molecule has 1 aromatic carbocycles. The van der Waals surface area contributed by atoms with Crippen molar-refractivity contribution in [2.75, 3.05) is 18.0 Å². The van der Waals surface area contributed by atoms with E-state index in [0.717, 1.165) is 37.4 Å². The smallest absolute Gasteiger partial charge is 0.271 e. The lowest BCUT2D eigenvalue weighted by molar-refractivity contribution is -0.384. The molecule has 8 heteroatoms. The van der Waals surface area contributed by atoms with E-state index >= 15 is 0 Å². The molecule has 1 aliphatic carbocycles. The largest absolute Gasteiger partial charge is 0.370 e. The van der Waals surface area contributed by atoms with Crippen molar-refractivity contribution in [3.8, 4) is 0 Å². The third-order valence-electron chi connectivity index (χ3n) is 4.81. The first-order valence-electron chi connectivity index (χ1n) is 8.22. The Bertz CT molecular complexity index is 774. The van der Waals surface area contributed by atoms with Crippen LogP contribution in [0.1, 0.15) is 43.5 Å². The molecule has 0 unspecified atom stereocenters. The highest BCUT2D eigenvalue weighted by Crippen LogP contribution is 2.39. The van der Waals surface area contributed by atoms with Crippen LogP contribution >= 0.6 is 11.6 Å². The Morgan fingerprint density at radius 1 is 1.29 bits per heavy atom. The molecule has 0 N–H and O–H groups in total. The number of nitrogens with zero attached hydrogens (tertiary/aromatic N) is 5. The number of halogens is 1. The standard InChI is InChI=1S/C16H18ClN5O2/c17-14-8-13(22(23)24)5-6-15(14)20-7-1-2-11(9-20)16-19-18-10-21(16)12-3-4-12/h5-6,8,10-12H,1-4,7,9H2/t11-/m1/s1. The average molecular weight is 348 g/mol. The Morgan fingerprint density at radius 2 is 2.12 bits per heavy atom. The molecule has 24 heavy (non-hydrogen) atoms. The van der Waals surface area contributed by atoms with Gasteiger partial charge in [-0.2, -0.15) is 0 Å². The van der Waals surface area contributed by atoms with Crippen LogP contribution in [0.2, 0.25) is 5.02 Å². The number of non-ortho nitro benzene ring substituents is 1. The second-order valence-electron chi connectivity index (χ2n) is 6.51. The Labute approximate surface area is 144 Å². The Morgan fingerprint density at radius 3 is 2.83 bits per heavy atom. The number of benzene rings is 1. The molecule has 0 bridgehead atoms. The predicted molar refractivity (Wildman–Crippen MR) is 90.6 cm³/mol. The Balaban J connectivity index is 1.56. The molecule has 126 valence electrons. The summed E-state index contributed by atoms with van der Waals surface area (Å²) in [6, 6.07) is 5.24. The topological polar surface area (TPSA) is 77.1 Å². The molecule has 2 aromatic rings. The lowest BCUT2D eigenvalue weighted by Gasteiger charge is -2.34. The normalized spacial score (nSPS) is 21.0. The first-order valence-corrected chi connectivity index (χ1v) is 8.59. The maximum Gasteiger partial charge on any atom is 0.271 e. The summed E-state index contributed by atoms with van der Waals surface area (Å²) < 4.78 is 2.21. The second kappa shape index (κ2) is 6.05. The summed E-state index contributed by atoms with van der Waals surface area (Å²) in [5.74, 6) is 1.37. The van der Waals surface area contributed by atoms with Crippen molar-refractivity contribution in [1.82, 2.24) is 14.8 Å². The Kier molecular flexibility index (Phi) is 3.88. The second-order valence-corrected chi connectivity index (χ2v) is 6.91. The third-order valence-corrected chi connectivity index (χ3v) is 5.11. The van der Waals surface area contributed by atoms with E-state index in [0.29, 0.717) is 17.0 Å². The van der Waals surface area contributed by atoms with Crippen LogP contribution in [0.25, 0.3) is 0 Å². The van der Waals surface area contributed by atoms with Crippen molar-refractivity contribution in [1.29, 1.82) is 0 Å². The first-order chi connectivity index (χ1) is 11.6. The third kappa shape index (κ3) is 2.84. The molecule has 1 saturated heterocycles. The van der Waals surface area contributed by atoms with Gasteiger partial charge < -0.3 is 9.47 Å². The van der Waals surface area contributed by atoms with Gasteiger partial charge in [0.15, 0.2) is 0 Å². The van der Waals surface area contributed by atoms with Crippen molar-refractivity contribution in [2.24, 2.45) is 0 Å².